The van der Waals surface area contributed by atoms with Crippen molar-refractivity contribution in [1.82, 2.24) is 10.2 Å². The summed E-state index contributed by atoms with van der Waals surface area (Å²) in [7, 11) is 0. The number of hydrogen-bond acceptors (Lipinski definition) is 5. The van der Waals surface area contributed by atoms with E-state index in [4.69, 9.17) is 10.5 Å². The van der Waals surface area contributed by atoms with Crippen molar-refractivity contribution in [2.24, 2.45) is 11.7 Å². The summed E-state index contributed by atoms with van der Waals surface area (Å²) in [6.45, 7) is 2.08. The average Bonchev–Trinajstić information content (AvgIpc) is 3.09. The van der Waals surface area contributed by atoms with Gasteiger partial charge < -0.3 is 10.5 Å². The molecular weight excluding hydrogens is 356 g/mol. The van der Waals surface area contributed by atoms with Crippen molar-refractivity contribution in [1.29, 1.82) is 5.26 Å². The Hall–Kier alpha value is -2.65. The van der Waals surface area contributed by atoms with Crippen LogP contribution in [0.3, 0.4) is 0 Å². The summed E-state index contributed by atoms with van der Waals surface area (Å²) in [5.41, 5.74) is 9.79. The number of rotatable bonds is 4. The third-order valence-corrected chi connectivity index (χ3v) is 6.22. The molecule has 0 saturated carbocycles. The number of aromatic amines is 1. The highest BCUT2D eigenvalue weighted by Crippen LogP contribution is 2.46. The van der Waals surface area contributed by atoms with Gasteiger partial charge in [0.25, 0.3) is 0 Å². The Labute approximate surface area is 163 Å². The van der Waals surface area contributed by atoms with Crippen LogP contribution < -0.4 is 10.5 Å². The van der Waals surface area contributed by atoms with Gasteiger partial charge in [0.2, 0.25) is 11.8 Å². The van der Waals surface area contributed by atoms with Crippen LogP contribution in [0.5, 0.6) is 5.88 Å². The standard InChI is InChI=1S/C21H22N4OS/c1-13-7-9-15(10-8-13)27-12-17-19-18(14-5-3-2-4-6-14)16(11-22)20(23)26-21(19)25-24-17/h3,5,7-10,14,18H,2,4,6,12,23H2,1H3,(H,24,25)/t14-,18+/m1/s1. The van der Waals surface area contributed by atoms with E-state index >= 15 is 0 Å². The first-order chi connectivity index (χ1) is 13.2. The van der Waals surface area contributed by atoms with Gasteiger partial charge in [-0.25, -0.2) is 0 Å². The number of nitriles is 1. The van der Waals surface area contributed by atoms with Gasteiger partial charge in [0.1, 0.15) is 6.07 Å². The largest absolute Gasteiger partial charge is 0.420 e. The maximum Gasteiger partial charge on any atom is 0.243 e. The monoisotopic (exact) mass is 378 g/mol. The molecule has 27 heavy (non-hydrogen) atoms. The first kappa shape index (κ1) is 17.7. The number of aromatic nitrogens is 2. The molecule has 4 rings (SSSR count). The van der Waals surface area contributed by atoms with Crippen molar-refractivity contribution < 1.29 is 4.74 Å². The number of fused-ring (bicyclic) bond motifs is 1. The summed E-state index contributed by atoms with van der Waals surface area (Å²) in [5.74, 6) is 1.58. The van der Waals surface area contributed by atoms with Gasteiger partial charge in [0.05, 0.1) is 11.3 Å². The van der Waals surface area contributed by atoms with E-state index in [9.17, 15) is 5.26 Å². The molecule has 0 bridgehead atoms. The lowest BCUT2D eigenvalue weighted by Gasteiger charge is -2.30. The number of nitrogens with one attached hydrogen (secondary N) is 1. The van der Waals surface area contributed by atoms with E-state index in [1.807, 2.05) is 0 Å². The molecule has 2 aliphatic rings. The highest BCUT2D eigenvalue weighted by Gasteiger charge is 2.38. The molecular formula is C21H22N4OS. The lowest BCUT2D eigenvalue weighted by atomic mass is 9.75. The Balaban J connectivity index is 1.66. The minimum absolute atomic E-state index is 0.0948. The zero-order valence-electron chi connectivity index (χ0n) is 15.2. The molecule has 1 aromatic carbocycles. The molecule has 1 aliphatic carbocycles. The Morgan fingerprint density at radius 2 is 2.19 bits per heavy atom. The smallest absolute Gasteiger partial charge is 0.243 e. The predicted octanol–water partition coefficient (Wildman–Crippen LogP) is 4.54. The topological polar surface area (TPSA) is 87.7 Å². The molecule has 5 nitrogen and oxygen atoms in total. The summed E-state index contributed by atoms with van der Waals surface area (Å²) >= 11 is 1.74. The van der Waals surface area contributed by atoms with Crippen LogP contribution in [-0.2, 0) is 5.75 Å². The molecule has 1 aromatic heterocycles. The second kappa shape index (κ2) is 7.53. The molecule has 2 heterocycles. The highest BCUT2D eigenvalue weighted by atomic mass is 32.2. The van der Waals surface area contributed by atoms with Crippen molar-refractivity contribution in [3.05, 3.63) is 64.7 Å². The number of H-pyrrole nitrogens is 1. The molecule has 0 radical (unpaired) electrons. The van der Waals surface area contributed by atoms with Crippen molar-refractivity contribution >= 4 is 11.8 Å². The second-order valence-electron chi connectivity index (χ2n) is 7.02. The van der Waals surface area contributed by atoms with Gasteiger partial charge in [-0.3, -0.25) is 5.10 Å². The lowest BCUT2D eigenvalue weighted by Crippen LogP contribution is -2.25. The van der Waals surface area contributed by atoms with Gasteiger partial charge in [-0.15, -0.1) is 16.9 Å². The third kappa shape index (κ3) is 3.47. The van der Waals surface area contributed by atoms with E-state index in [-0.39, 0.29) is 17.7 Å². The minimum atomic E-state index is -0.0948. The zero-order valence-corrected chi connectivity index (χ0v) is 16.1. The summed E-state index contributed by atoms with van der Waals surface area (Å²) in [6.07, 6.45) is 7.68. The molecule has 1 aliphatic heterocycles. The number of nitrogens with two attached hydrogens (primary N) is 1. The van der Waals surface area contributed by atoms with E-state index < -0.39 is 0 Å². The molecule has 0 saturated heterocycles. The number of hydrogen-bond donors (Lipinski definition) is 2. The predicted molar refractivity (Wildman–Crippen MR) is 106 cm³/mol. The second-order valence-corrected chi connectivity index (χ2v) is 8.06. The Bertz CT molecular complexity index is 936. The van der Waals surface area contributed by atoms with Crippen LogP contribution in [0.1, 0.15) is 42.0 Å². The van der Waals surface area contributed by atoms with Gasteiger partial charge in [-0.05, 0) is 44.2 Å². The number of ether oxygens (including phenoxy) is 1. The summed E-state index contributed by atoms with van der Waals surface area (Å²) < 4.78 is 5.66. The maximum atomic E-state index is 9.72. The minimum Gasteiger partial charge on any atom is -0.420 e. The van der Waals surface area contributed by atoms with Crippen LogP contribution in [0.4, 0.5) is 0 Å². The fourth-order valence-electron chi connectivity index (χ4n) is 3.79. The fourth-order valence-corrected chi connectivity index (χ4v) is 4.65. The molecule has 2 aromatic rings. The van der Waals surface area contributed by atoms with E-state index in [2.05, 4.69) is 59.6 Å². The van der Waals surface area contributed by atoms with E-state index in [1.54, 1.807) is 11.8 Å². The summed E-state index contributed by atoms with van der Waals surface area (Å²) in [4.78, 5) is 1.20. The SMILES string of the molecule is Cc1ccc(SCc2[nH]nc3c2[C@@H]([C@@H]2C=CCCC2)C(C#N)=C(N)O3)cc1. The Morgan fingerprint density at radius 1 is 1.37 bits per heavy atom. The van der Waals surface area contributed by atoms with Crippen LogP contribution in [0.2, 0.25) is 0 Å². The Morgan fingerprint density at radius 3 is 2.89 bits per heavy atom. The van der Waals surface area contributed by atoms with E-state index in [0.717, 1.165) is 36.3 Å². The van der Waals surface area contributed by atoms with Crippen LogP contribution in [0.15, 0.2) is 52.8 Å². The third-order valence-electron chi connectivity index (χ3n) is 5.19. The molecule has 0 unspecified atom stereocenters. The van der Waals surface area contributed by atoms with Crippen molar-refractivity contribution in [2.45, 2.75) is 42.8 Å². The summed E-state index contributed by atoms with van der Waals surface area (Å²) in [6, 6.07) is 10.8. The molecule has 0 amide bonds. The molecule has 2 atom stereocenters. The van der Waals surface area contributed by atoms with Crippen molar-refractivity contribution in [2.75, 3.05) is 0 Å². The fraction of sp³-hybridized carbons (Fsp3) is 0.333. The quantitative estimate of drug-likeness (QED) is 0.602. The van der Waals surface area contributed by atoms with E-state index in [0.29, 0.717) is 11.5 Å². The zero-order chi connectivity index (χ0) is 18.8. The first-order valence-corrected chi connectivity index (χ1v) is 10.2. The van der Waals surface area contributed by atoms with Crippen molar-refractivity contribution in [3.8, 4) is 11.9 Å². The highest BCUT2D eigenvalue weighted by molar-refractivity contribution is 7.98. The average molecular weight is 379 g/mol. The molecule has 0 spiro atoms. The van der Waals surface area contributed by atoms with Gasteiger partial charge in [0.15, 0.2) is 0 Å². The van der Waals surface area contributed by atoms with Crippen LogP contribution in [0, 0.1) is 24.2 Å². The van der Waals surface area contributed by atoms with Crippen LogP contribution >= 0.6 is 11.8 Å². The normalized spacial score (nSPS) is 21.5. The Kier molecular flexibility index (Phi) is 4.95. The van der Waals surface area contributed by atoms with Gasteiger partial charge in [-0.1, -0.05) is 29.8 Å². The first-order valence-electron chi connectivity index (χ1n) is 9.18. The van der Waals surface area contributed by atoms with Gasteiger partial charge in [-0.2, -0.15) is 5.26 Å². The number of allylic oxidation sites excluding steroid dienone is 3. The number of aryl methyl sites for hydroxylation is 1. The molecule has 3 N–H and O–H groups in total. The van der Waals surface area contributed by atoms with Gasteiger partial charge in [0, 0.05) is 22.1 Å². The molecule has 0 fully saturated rings. The van der Waals surface area contributed by atoms with Gasteiger partial charge >= 0.3 is 0 Å². The van der Waals surface area contributed by atoms with Crippen LogP contribution in [0.25, 0.3) is 0 Å². The maximum absolute atomic E-state index is 9.72. The van der Waals surface area contributed by atoms with Crippen LogP contribution in [-0.4, -0.2) is 10.2 Å². The summed E-state index contributed by atoms with van der Waals surface area (Å²) in [5, 5.41) is 17.2. The number of thioether (sulfide) groups is 1. The number of benzene rings is 1. The van der Waals surface area contributed by atoms with Crippen molar-refractivity contribution in [3.63, 3.8) is 0 Å². The lowest BCUT2D eigenvalue weighted by molar-refractivity contribution is 0.354. The van der Waals surface area contributed by atoms with E-state index in [1.165, 1.54) is 10.5 Å². The molecule has 138 valence electrons. The molecule has 6 heteroatoms. The number of nitrogens with zero attached hydrogens (tertiary/aromatic N) is 2.